The number of aromatic nitrogens is 5. The average molecular weight is 664 g/mol. The van der Waals surface area contributed by atoms with Crippen LogP contribution in [0.2, 0.25) is 0 Å². The lowest BCUT2D eigenvalue weighted by Crippen LogP contribution is -2.34. The Morgan fingerprint density at radius 1 is 1.02 bits per heavy atom. The molecule has 0 saturated carbocycles. The predicted molar refractivity (Wildman–Crippen MR) is 185 cm³/mol. The topological polar surface area (TPSA) is 152 Å². The molecule has 0 spiro atoms. The fourth-order valence-electron chi connectivity index (χ4n) is 5.63. The van der Waals surface area contributed by atoms with Crippen LogP contribution in [-0.4, -0.2) is 56.6 Å². The van der Waals surface area contributed by atoms with Crippen LogP contribution in [0.25, 0.3) is 18.0 Å². The molecule has 48 heavy (non-hydrogen) atoms. The monoisotopic (exact) mass is 663 g/mol. The van der Waals surface area contributed by atoms with Crippen LogP contribution in [0.5, 0.6) is 0 Å². The second-order valence-corrected chi connectivity index (χ2v) is 12.2. The molecule has 1 amide bonds. The van der Waals surface area contributed by atoms with Crippen molar-refractivity contribution in [1.82, 2.24) is 24.5 Å². The molecule has 3 heterocycles. The minimum Gasteiger partial charge on any atom is -0.461 e. The number of anilines is 2. The number of carbonyl (C=O) groups is 2. The van der Waals surface area contributed by atoms with Crippen LogP contribution >= 0.6 is 11.3 Å². The molecule has 2 aromatic carbocycles. The molecule has 2 N–H and O–H groups in total. The zero-order valence-corrected chi connectivity index (χ0v) is 27.6. The summed E-state index contributed by atoms with van der Waals surface area (Å²) in [6.07, 6.45) is 8.04. The summed E-state index contributed by atoms with van der Waals surface area (Å²) in [7, 11) is 1.63. The maximum Gasteiger partial charge on any atom is 0.357 e. The number of nitrogens with zero attached hydrogens (tertiary/aromatic N) is 5. The van der Waals surface area contributed by atoms with Crippen LogP contribution < -0.4 is 21.5 Å². The largest absolute Gasteiger partial charge is 0.461 e. The lowest BCUT2D eigenvalue weighted by Gasteiger charge is -2.22. The number of thiazole rings is 1. The van der Waals surface area contributed by atoms with Crippen molar-refractivity contribution in [3.05, 3.63) is 126 Å². The second-order valence-electron chi connectivity index (χ2n) is 11.3. The molecule has 1 aliphatic carbocycles. The van der Waals surface area contributed by atoms with Gasteiger partial charge in [-0.3, -0.25) is 19.1 Å². The number of aromatic amines is 1. The minimum atomic E-state index is -0.660. The van der Waals surface area contributed by atoms with Crippen molar-refractivity contribution >= 4 is 46.4 Å². The molecule has 0 saturated heterocycles. The first-order valence-electron chi connectivity index (χ1n) is 15.4. The molecule has 13 heteroatoms. The molecular weight excluding hydrogens is 630 g/mol. The van der Waals surface area contributed by atoms with Gasteiger partial charge in [-0.2, -0.15) is 4.98 Å². The van der Waals surface area contributed by atoms with Gasteiger partial charge in [0.05, 0.1) is 13.2 Å². The number of rotatable bonds is 9. The van der Waals surface area contributed by atoms with Crippen molar-refractivity contribution in [2.45, 2.75) is 33.1 Å². The Bertz CT molecular complexity index is 2180. The second kappa shape index (κ2) is 13.6. The Kier molecular flexibility index (Phi) is 9.13. The molecule has 0 bridgehead atoms. The average Bonchev–Trinajstić information content (AvgIpc) is 3.48. The highest BCUT2D eigenvalue weighted by Gasteiger charge is 2.27. The molecule has 0 aliphatic heterocycles. The molecular formula is C35H33N7O5S. The number of hydrogen-bond donors (Lipinski definition) is 2. The van der Waals surface area contributed by atoms with Gasteiger partial charge in [-0.25, -0.2) is 19.6 Å². The number of nitrogens with one attached hydrogen (secondary N) is 2. The van der Waals surface area contributed by atoms with E-state index in [0.717, 1.165) is 45.6 Å². The van der Waals surface area contributed by atoms with E-state index < -0.39 is 29.0 Å². The fourth-order valence-corrected chi connectivity index (χ4v) is 6.32. The summed E-state index contributed by atoms with van der Waals surface area (Å²) in [5.41, 5.74) is 5.50. The van der Waals surface area contributed by atoms with E-state index >= 15 is 0 Å². The van der Waals surface area contributed by atoms with Gasteiger partial charge >= 0.3 is 11.7 Å². The van der Waals surface area contributed by atoms with Gasteiger partial charge in [0, 0.05) is 42.4 Å². The highest BCUT2D eigenvalue weighted by Crippen LogP contribution is 2.38. The standard InChI is InChI=1S/C35H33N7O5S/c1-5-21-8-12-25-23(16-21)10-9-22-15-20(3)7-11-24(22)30(25)26-17-42(35(46)40-31(26)44)28-13-14-36-33(38-28)41(4)18-29(43)39-34-37-27(19-48-34)32(45)47-6-2/h7-17,19,30H,5-6,18H2,1-4H3,(H,37,39,43)(H,40,44,46). The minimum absolute atomic E-state index is 0.111. The van der Waals surface area contributed by atoms with Gasteiger partial charge in [0.25, 0.3) is 5.56 Å². The van der Waals surface area contributed by atoms with Crippen LogP contribution in [0.4, 0.5) is 11.1 Å². The number of ether oxygens (including phenoxy) is 1. The number of benzene rings is 2. The molecule has 0 radical (unpaired) electrons. The van der Waals surface area contributed by atoms with E-state index in [9.17, 15) is 19.2 Å². The van der Waals surface area contributed by atoms with Crippen LogP contribution in [-0.2, 0) is 16.0 Å². The molecule has 244 valence electrons. The first-order valence-corrected chi connectivity index (χ1v) is 16.3. The van der Waals surface area contributed by atoms with Gasteiger partial charge in [-0.05, 0) is 48.1 Å². The maximum atomic E-state index is 13.6. The van der Waals surface area contributed by atoms with Gasteiger partial charge in [-0.1, -0.05) is 61.0 Å². The van der Waals surface area contributed by atoms with Crippen molar-refractivity contribution in [3.63, 3.8) is 0 Å². The van der Waals surface area contributed by atoms with Crippen LogP contribution in [0.3, 0.4) is 0 Å². The summed E-state index contributed by atoms with van der Waals surface area (Å²) < 4.78 is 6.23. The first kappa shape index (κ1) is 32.3. The summed E-state index contributed by atoms with van der Waals surface area (Å²) in [5, 5.41) is 4.41. The van der Waals surface area contributed by atoms with Gasteiger partial charge in [0.1, 0.15) is 5.82 Å². The van der Waals surface area contributed by atoms with Crippen LogP contribution in [0.1, 0.15) is 69.2 Å². The summed E-state index contributed by atoms with van der Waals surface area (Å²) in [4.78, 5) is 68.5. The number of amides is 1. The molecule has 12 nitrogen and oxygen atoms in total. The number of aryl methyl sites for hydroxylation is 2. The normalized spacial score (nSPS) is 13.3. The third-order valence-corrected chi connectivity index (χ3v) is 8.74. The predicted octanol–water partition coefficient (Wildman–Crippen LogP) is 4.56. The van der Waals surface area contributed by atoms with E-state index in [-0.39, 0.29) is 35.7 Å². The number of carbonyl (C=O) groups excluding carboxylic acids is 2. The lowest BCUT2D eigenvalue weighted by molar-refractivity contribution is -0.114. The number of H-pyrrole nitrogens is 1. The summed E-state index contributed by atoms with van der Waals surface area (Å²) in [6, 6.07) is 14.0. The summed E-state index contributed by atoms with van der Waals surface area (Å²) >= 11 is 1.10. The molecule has 3 aromatic heterocycles. The number of hydrogen-bond acceptors (Lipinski definition) is 10. The molecule has 1 unspecified atom stereocenters. The van der Waals surface area contributed by atoms with E-state index in [1.54, 1.807) is 26.2 Å². The van der Waals surface area contributed by atoms with Gasteiger partial charge in [0.2, 0.25) is 11.9 Å². The number of fused-ring (bicyclic) bond motifs is 2. The maximum absolute atomic E-state index is 13.6. The Balaban J connectivity index is 1.32. The SMILES string of the molecule is CCOC(=O)c1csc(NC(=O)CN(C)c2nccc(-n3cc(C4c5ccc(C)cc5C=Cc5cc(CC)ccc54)c(=O)[nH]c3=O)n2)n1. The highest BCUT2D eigenvalue weighted by molar-refractivity contribution is 7.14. The lowest BCUT2D eigenvalue weighted by atomic mass is 9.82. The summed E-state index contributed by atoms with van der Waals surface area (Å²) in [5.74, 6) is -1.06. The van der Waals surface area contributed by atoms with Crippen LogP contribution in [0, 0.1) is 6.92 Å². The quantitative estimate of drug-likeness (QED) is 0.212. The Labute approximate surface area is 279 Å². The Morgan fingerprint density at radius 2 is 1.77 bits per heavy atom. The zero-order valence-electron chi connectivity index (χ0n) is 26.8. The molecule has 1 atom stereocenters. The van der Waals surface area contributed by atoms with Crippen molar-refractivity contribution in [1.29, 1.82) is 0 Å². The molecule has 1 aliphatic rings. The highest BCUT2D eigenvalue weighted by atomic mass is 32.1. The smallest absolute Gasteiger partial charge is 0.357 e. The first-order chi connectivity index (χ1) is 23.1. The van der Waals surface area contributed by atoms with E-state index in [1.165, 1.54) is 26.6 Å². The van der Waals surface area contributed by atoms with Crippen molar-refractivity contribution in [2.75, 3.05) is 30.4 Å². The van der Waals surface area contributed by atoms with E-state index in [1.807, 2.05) is 19.1 Å². The number of esters is 1. The third-order valence-electron chi connectivity index (χ3n) is 7.98. The third kappa shape index (κ3) is 6.58. The van der Waals surface area contributed by atoms with Crippen molar-refractivity contribution in [3.8, 4) is 5.82 Å². The van der Waals surface area contributed by atoms with Crippen molar-refractivity contribution in [2.24, 2.45) is 0 Å². The van der Waals surface area contributed by atoms with E-state index in [2.05, 4.69) is 68.6 Å². The Hall–Kier alpha value is -5.69. The van der Waals surface area contributed by atoms with E-state index in [0.29, 0.717) is 5.56 Å². The zero-order chi connectivity index (χ0) is 33.9. The van der Waals surface area contributed by atoms with Gasteiger partial charge in [0.15, 0.2) is 10.8 Å². The number of likely N-dealkylation sites (N-methyl/N-ethyl adjacent to an activating group) is 1. The van der Waals surface area contributed by atoms with E-state index in [4.69, 9.17) is 4.74 Å². The molecule has 0 fully saturated rings. The molecule has 5 aromatic rings. The van der Waals surface area contributed by atoms with Crippen LogP contribution in [0.15, 0.2) is 69.8 Å². The fraction of sp³-hybridized carbons (Fsp3) is 0.229. The molecule has 6 rings (SSSR count). The van der Waals surface area contributed by atoms with Crippen molar-refractivity contribution < 1.29 is 14.3 Å². The van der Waals surface area contributed by atoms with Gasteiger partial charge in [-0.15, -0.1) is 11.3 Å². The summed E-state index contributed by atoms with van der Waals surface area (Å²) in [6.45, 7) is 5.89. The van der Waals surface area contributed by atoms with Gasteiger partial charge < -0.3 is 15.0 Å². The Morgan fingerprint density at radius 3 is 2.52 bits per heavy atom.